The van der Waals surface area contributed by atoms with E-state index in [0.29, 0.717) is 0 Å². The smallest absolute Gasteiger partial charge is 0.166 e. The minimum atomic E-state index is -0.289. The Balaban J connectivity index is 1.55. The van der Waals surface area contributed by atoms with Crippen LogP contribution in [0.1, 0.15) is 36.8 Å². The summed E-state index contributed by atoms with van der Waals surface area (Å²) in [4.78, 5) is 11.6. The van der Waals surface area contributed by atoms with Crippen LogP contribution in [-0.2, 0) is 5.54 Å². The van der Waals surface area contributed by atoms with Gasteiger partial charge in [-0.3, -0.25) is 0 Å². The number of thioether (sulfide) groups is 1. The summed E-state index contributed by atoms with van der Waals surface area (Å²) in [6.45, 7) is 4.28. The zero-order chi connectivity index (χ0) is 19.8. The first kappa shape index (κ1) is 17.3. The lowest BCUT2D eigenvalue weighted by atomic mass is 10.1. The molecule has 3 aliphatic rings. The molecule has 1 N–H and O–H groups in total. The maximum atomic E-state index is 14.2. The van der Waals surface area contributed by atoms with Crippen LogP contribution in [0.3, 0.4) is 0 Å². The van der Waals surface area contributed by atoms with Crippen LogP contribution >= 0.6 is 11.8 Å². The Kier molecular flexibility index (Phi) is 3.40. The number of halogens is 1. The lowest BCUT2D eigenvalue weighted by molar-refractivity contribution is 0.589. The van der Waals surface area contributed by atoms with Gasteiger partial charge in [0, 0.05) is 35.8 Å². The van der Waals surface area contributed by atoms with Crippen molar-refractivity contribution in [2.75, 3.05) is 17.7 Å². The van der Waals surface area contributed by atoms with Gasteiger partial charge in [0.1, 0.15) is 16.7 Å². The van der Waals surface area contributed by atoms with E-state index in [9.17, 15) is 4.39 Å². The Hall–Kier alpha value is -2.61. The first-order chi connectivity index (χ1) is 14.0. The predicted molar refractivity (Wildman–Crippen MR) is 111 cm³/mol. The van der Waals surface area contributed by atoms with Crippen LogP contribution < -0.4 is 10.2 Å². The topological polar surface area (TPSA) is 58.4 Å². The van der Waals surface area contributed by atoms with Gasteiger partial charge < -0.3 is 10.2 Å². The fourth-order valence-corrected chi connectivity index (χ4v) is 5.61. The van der Waals surface area contributed by atoms with Gasteiger partial charge in [-0.1, -0.05) is 6.58 Å². The highest BCUT2D eigenvalue weighted by Crippen LogP contribution is 2.54. The van der Waals surface area contributed by atoms with Crippen LogP contribution in [0.5, 0.6) is 0 Å². The standard InChI is InChI=1S/C21H21FN6S/c1-13-15-11-24-28-8-3-17(25-18(15)28)27(2)21(6-7-21)16-9-14(22)10-23-19(16)29-12-20(26-13)4-5-20/h3,8-11,26H,1,4-7,12H2,2H3. The minimum Gasteiger partial charge on any atom is -0.379 e. The summed E-state index contributed by atoms with van der Waals surface area (Å²) in [6.07, 6.45) is 9.15. The quantitative estimate of drug-likeness (QED) is 0.614. The molecule has 3 aromatic heterocycles. The molecule has 2 bridgehead atoms. The van der Waals surface area contributed by atoms with Gasteiger partial charge in [-0.15, -0.1) is 11.8 Å². The summed E-state index contributed by atoms with van der Waals surface area (Å²) in [5, 5.41) is 8.99. The molecule has 29 heavy (non-hydrogen) atoms. The number of rotatable bonds is 0. The molecule has 0 saturated heterocycles. The van der Waals surface area contributed by atoms with Gasteiger partial charge in [0.25, 0.3) is 0 Å². The number of aromatic nitrogens is 4. The van der Waals surface area contributed by atoms with Crippen molar-refractivity contribution in [3.8, 4) is 0 Å². The molecule has 2 aliphatic carbocycles. The van der Waals surface area contributed by atoms with Gasteiger partial charge in [0.15, 0.2) is 5.65 Å². The molecule has 8 heteroatoms. The van der Waals surface area contributed by atoms with Crippen molar-refractivity contribution in [2.45, 2.75) is 41.8 Å². The Morgan fingerprint density at radius 3 is 2.83 bits per heavy atom. The number of anilines is 1. The predicted octanol–water partition coefficient (Wildman–Crippen LogP) is 3.59. The zero-order valence-electron chi connectivity index (χ0n) is 16.2. The van der Waals surface area contributed by atoms with Crippen molar-refractivity contribution in [1.82, 2.24) is 24.9 Å². The monoisotopic (exact) mass is 408 g/mol. The molecule has 0 atom stereocenters. The highest BCUT2D eigenvalue weighted by molar-refractivity contribution is 7.99. The molecule has 4 heterocycles. The molecule has 148 valence electrons. The van der Waals surface area contributed by atoms with Crippen LogP contribution in [0, 0.1) is 5.82 Å². The maximum Gasteiger partial charge on any atom is 0.166 e. The number of nitrogens with one attached hydrogen (secondary N) is 1. The van der Waals surface area contributed by atoms with Gasteiger partial charge in [-0.05, 0) is 37.8 Å². The normalized spacial score (nSPS) is 21.4. The van der Waals surface area contributed by atoms with Crippen LogP contribution in [0.2, 0.25) is 0 Å². The summed E-state index contributed by atoms with van der Waals surface area (Å²) < 4.78 is 16.0. The third kappa shape index (κ3) is 2.58. The molecule has 0 amide bonds. The number of nitrogens with zero attached hydrogens (tertiary/aromatic N) is 5. The molecule has 3 aromatic rings. The summed E-state index contributed by atoms with van der Waals surface area (Å²) >= 11 is 1.71. The first-order valence-corrected chi connectivity index (χ1v) is 10.8. The summed E-state index contributed by atoms with van der Waals surface area (Å²) in [5.74, 6) is 1.42. The summed E-state index contributed by atoms with van der Waals surface area (Å²) in [7, 11) is 2.04. The SMILES string of the molecule is C=C1NC2(CC2)CSc2ncc(F)cc2C2(CC2)N(C)c2ccn3ncc1c3n2. The van der Waals surface area contributed by atoms with E-state index in [1.165, 1.54) is 6.20 Å². The van der Waals surface area contributed by atoms with E-state index in [2.05, 4.69) is 26.9 Å². The highest BCUT2D eigenvalue weighted by Gasteiger charge is 2.51. The number of fused-ring (bicyclic) bond motifs is 3. The molecule has 0 radical (unpaired) electrons. The third-order valence-electron chi connectivity index (χ3n) is 6.46. The first-order valence-electron chi connectivity index (χ1n) is 9.84. The Labute approximate surface area is 172 Å². The van der Waals surface area contributed by atoms with Gasteiger partial charge in [-0.25, -0.2) is 18.9 Å². The van der Waals surface area contributed by atoms with E-state index in [0.717, 1.165) is 64.8 Å². The maximum absolute atomic E-state index is 14.2. The molecular weight excluding hydrogens is 387 g/mol. The van der Waals surface area contributed by atoms with Gasteiger partial charge in [0.2, 0.25) is 0 Å². The molecule has 6 nitrogen and oxygen atoms in total. The Morgan fingerprint density at radius 2 is 2.07 bits per heavy atom. The van der Waals surface area contributed by atoms with Crippen LogP contribution in [0.4, 0.5) is 10.2 Å². The van der Waals surface area contributed by atoms with E-state index in [-0.39, 0.29) is 16.9 Å². The van der Waals surface area contributed by atoms with E-state index in [4.69, 9.17) is 4.98 Å². The highest BCUT2D eigenvalue weighted by atomic mass is 32.2. The van der Waals surface area contributed by atoms with Gasteiger partial charge in [0.05, 0.1) is 23.5 Å². The Bertz CT molecular complexity index is 1160. The van der Waals surface area contributed by atoms with Gasteiger partial charge >= 0.3 is 0 Å². The number of hydrogen-bond acceptors (Lipinski definition) is 6. The van der Waals surface area contributed by atoms with Crippen molar-refractivity contribution in [3.05, 3.63) is 54.2 Å². The lowest BCUT2D eigenvalue weighted by Crippen LogP contribution is -2.33. The molecule has 2 spiro atoms. The zero-order valence-corrected chi connectivity index (χ0v) is 17.0. The van der Waals surface area contributed by atoms with Crippen molar-refractivity contribution in [1.29, 1.82) is 0 Å². The molecule has 0 unspecified atom stereocenters. The molecule has 2 saturated carbocycles. The number of hydrogen-bond donors (Lipinski definition) is 1. The van der Waals surface area contributed by atoms with Crippen molar-refractivity contribution in [3.63, 3.8) is 0 Å². The molecule has 6 rings (SSSR count). The molecule has 1 aliphatic heterocycles. The average molecular weight is 409 g/mol. The Morgan fingerprint density at radius 1 is 1.24 bits per heavy atom. The largest absolute Gasteiger partial charge is 0.379 e. The average Bonchev–Trinajstić information content (AvgIpc) is 3.63. The third-order valence-corrected chi connectivity index (χ3v) is 7.76. The fourth-order valence-electron chi connectivity index (χ4n) is 4.31. The van der Waals surface area contributed by atoms with Gasteiger partial charge in [-0.2, -0.15) is 5.10 Å². The minimum absolute atomic E-state index is 0.00235. The van der Waals surface area contributed by atoms with E-state index >= 15 is 0 Å². The lowest BCUT2D eigenvalue weighted by Gasteiger charge is -2.31. The van der Waals surface area contributed by atoms with Crippen molar-refractivity contribution in [2.24, 2.45) is 0 Å². The van der Waals surface area contributed by atoms with Crippen LogP contribution in [0.25, 0.3) is 11.3 Å². The summed E-state index contributed by atoms with van der Waals surface area (Å²) in [5.41, 5.74) is 3.24. The number of pyridine rings is 1. The van der Waals surface area contributed by atoms with E-state index in [1.807, 2.05) is 25.5 Å². The second-order valence-corrected chi connectivity index (χ2v) is 9.35. The fraction of sp³-hybridized carbons (Fsp3) is 0.381. The van der Waals surface area contributed by atoms with Crippen LogP contribution in [-0.4, -0.2) is 37.9 Å². The van der Waals surface area contributed by atoms with Crippen LogP contribution in [0.15, 0.2) is 42.3 Å². The second kappa shape index (κ2) is 5.72. The molecule has 2 fully saturated rings. The molecular formula is C21H21FN6S. The van der Waals surface area contributed by atoms with Crippen molar-refractivity contribution >= 4 is 28.9 Å². The van der Waals surface area contributed by atoms with E-state index in [1.54, 1.807) is 22.3 Å². The summed E-state index contributed by atoms with van der Waals surface area (Å²) in [6, 6.07) is 3.62. The van der Waals surface area contributed by atoms with E-state index < -0.39 is 0 Å². The second-order valence-electron chi connectivity index (χ2n) is 8.38. The molecule has 0 aromatic carbocycles. The van der Waals surface area contributed by atoms with Crippen molar-refractivity contribution < 1.29 is 4.39 Å².